The fourth-order valence-electron chi connectivity index (χ4n) is 6.45. The summed E-state index contributed by atoms with van der Waals surface area (Å²) in [5, 5.41) is 7.35. The van der Waals surface area contributed by atoms with Crippen LogP contribution in [0.5, 0.6) is 0 Å². The van der Waals surface area contributed by atoms with E-state index in [4.69, 9.17) is 15.0 Å². The van der Waals surface area contributed by atoms with Gasteiger partial charge in [-0.05, 0) is 40.4 Å². The molecule has 4 heteroatoms. The monoisotopic (exact) mass is 574 g/mol. The minimum atomic E-state index is 0.639. The van der Waals surface area contributed by atoms with Crippen LogP contribution in [0.4, 0.5) is 0 Å². The van der Waals surface area contributed by atoms with Gasteiger partial charge in [0.05, 0.1) is 11.0 Å². The van der Waals surface area contributed by atoms with Crippen LogP contribution in [-0.4, -0.2) is 19.5 Å². The Morgan fingerprint density at radius 1 is 0.356 bits per heavy atom. The first-order valence-corrected chi connectivity index (χ1v) is 15.1. The zero-order valence-electron chi connectivity index (χ0n) is 24.3. The Labute approximate surface area is 259 Å². The van der Waals surface area contributed by atoms with Crippen molar-refractivity contribution in [1.29, 1.82) is 0 Å². The van der Waals surface area contributed by atoms with E-state index in [0.717, 1.165) is 22.4 Å². The molecule has 0 amide bonds. The van der Waals surface area contributed by atoms with Gasteiger partial charge in [-0.2, -0.15) is 0 Å². The zero-order chi connectivity index (χ0) is 29.7. The zero-order valence-corrected chi connectivity index (χ0v) is 24.3. The molecule has 0 saturated carbocycles. The van der Waals surface area contributed by atoms with Crippen molar-refractivity contribution in [2.45, 2.75) is 0 Å². The highest BCUT2D eigenvalue weighted by molar-refractivity contribution is 6.20. The van der Waals surface area contributed by atoms with E-state index in [2.05, 4.69) is 102 Å². The highest BCUT2D eigenvalue weighted by atomic mass is 15.0. The molecule has 7 aromatic carbocycles. The van der Waals surface area contributed by atoms with Crippen LogP contribution in [0.15, 0.2) is 158 Å². The van der Waals surface area contributed by atoms with E-state index in [0.29, 0.717) is 17.5 Å². The molecule has 0 bridgehead atoms. The van der Waals surface area contributed by atoms with Gasteiger partial charge in [0.2, 0.25) is 0 Å². The van der Waals surface area contributed by atoms with Crippen LogP contribution >= 0.6 is 0 Å². The molecule has 9 rings (SSSR count). The Balaban J connectivity index is 1.32. The maximum atomic E-state index is 5.01. The molecule has 0 radical (unpaired) electrons. The molecular formula is C41H26N4. The predicted molar refractivity (Wildman–Crippen MR) is 185 cm³/mol. The lowest BCUT2D eigenvalue weighted by molar-refractivity contribution is 1.07. The van der Waals surface area contributed by atoms with E-state index >= 15 is 0 Å². The number of rotatable bonds is 4. The second-order valence-electron chi connectivity index (χ2n) is 11.3. The van der Waals surface area contributed by atoms with Crippen molar-refractivity contribution in [3.05, 3.63) is 158 Å². The second kappa shape index (κ2) is 10.2. The van der Waals surface area contributed by atoms with Crippen LogP contribution < -0.4 is 0 Å². The third-order valence-corrected chi connectivity index (χ3v) is 8.58. The van der Waals surface area contributed by atoms with Gasteiger partial charge in [-0.3, -0.25) is 0 Å². The van der Waals surface area contributed by atoms with Crippen molar-refractivity contribution in [3.8, 4) is 39.9 Å². The highest BCUT2D eigenvalue weighted by Crippen LogP contribution is 2.39. The van der Waals surface area contributed by atoms with Crippen LogP contribution in [-0.2, 0) is 0 Å². The van der Waals surface area contributed by atoms with E-state index in [1.165, 1.54) is 43.4 Å². The summed E-state index contributed by atoms with van der Waals surface area (Å²) in [5.41, 5.74) is 6.26. The van der Waals surface area contributed by atoms with E-state index in [1.807, 2.05) is 60.7 Å². The van der Waals surface area contributed by atoms with Crippen molar-refractivity contribution < 1.29 is 0 Å². The van der Waals surface area contributed by atoms with Crippen molar-refractivity contribution >= 4 is 43.4 Å². The predicted octanol–water partition coefficient (Wildman–Crippen LogP) is 10.3. The maximum Gasteiger partial charge on any atom is 0.164 e. The number of aromatic nitrogens is 4. The van der Waals surface area contributed by atoms with Crippen LogP contribution in [0.2, 0.25) is 0 Å². The Hall–Kier alpha value is -6.13. The lowest BCUT2D eigenvalue weighted by atomic mass is 10.0. The summed E-state index contributed by atoms with van der Waals surface area (Å²) in [6.45, 7) is 0. The Morgan fingerprint density at radius 3 is 1.60 bits per heavy atom. The van der Waals surface area contributed by atoms with Crippen LogP contribution in [0.1, 0.15) is 0 Å². The van der Waals surface area contributed by atoms with Gasteiger partial charge in [0.25, 0.3) is 0 Å². The summed E-state index contributed by atoms with van der Waals surface area (Å²) in [7, 11) is 0. The second-order valence-corrected chi connectivity index (χ2v) is 11.3. The minimum absolute atomic E-state index is 0.639. The van der Waals surface area contributed by atoms with E-state index in [-0.39, 0.29) is 0 Å². The summed E-state index contributed by atoms with van der Waals surface area (Å²) < 4.78 is 2.40. The molecule has 9 aromatic rings. The standard InChI is InChI=1S/C41H26N4/c1-3-13-28(14-4-1)39-42-40(29-15-5-2-6-16-29)44-41(43-39)32-19-11-20-33(24-32)45-37-26-31-18-8-7-17-30(31)25-36(37)35-23-22-27-12-9-10-21-34(27)38(35)45/h1-26H. The SMILES string of the molecule is c1ccc(-c2nc(-c3ccccc3)nc(-c3cccc(-n4c5cc6ccccc6cc5c5ccc6ccccc6c54)c3)n2)cc1. The van der Waals surface area contributed by atoms with Crippen molar-refractivity contribution in [2.75, 3.05) is 0 Å². The normalized spacial score (nSPS) is 11.6. The molecule has 0 aliphatic carbocycles. The first kappa shape index (κ1) is 25.4. The number of nitrogens with zero attached hydrogens (tertiary/aromatic N) is 4. The third-order valence-electron chi connectivity index (χ3n) is 8.58. The van der Waals surface area contributed by atoms with Gasteiger partial charge in [-0.1, -0.05) is 133 Å². The largest absolute Gasteiger partial charge is 0.309 e. The van der Waals surface area contributed by atoms with Gasteiger partial charge >= 0.3 is 0 Å². The fourth-order valence-corrected chi connectivity index (χ4v) is 6.45. The molecule has 2 heterocycles. The number of benzene rings is 7. The maximum absolute atomic E-state index is 5.01. The minimum Gasteiger partial charge on any atom is -0.309 e. The fraction of sp³-hybridized carbons (Fsp3) is 0. The number of hydrogen-bond acceptors (Lipinski definition) is 3. The van der Waals surface area contributed by atoms with Gasteiger partial charge in [0.15, 0.2) is 17.5 Å². The Kier molecular flexibility index (Phi) is 5.78. The van der Waals surface area contributed by atoms with Gasteiger partial charge in [0.1, 0.15) is 0 Å². The molecule has 0 atom stereocenters. The third kappa shape index (κ3) is 4.27. The van der Waals surface area contributed by atoms with Crippen LogP contribution in [0, 0.1) is 0 Å². The molecule has 45 heavy (non-hydrogen) atoms. The molecule has 0 N–H and O–H groups in total. The molecule has 0 unspecified atom stereocenters. The average Bonchev–Trinajstić information content (AvgIpc) is 3.45. The quantitative estimate of drug-likeness (QED) is 0.210. The first-order valence-electron chi connectivity index (χ1n) is 15.1. The summed E-state index contributed by atoms with van der Waals surface area (Å²) in [6, 6.07) is 55.1. The van der Waals surface area contributed by atoms with Crippen LogP contribution in [0.3, 0.4) is 0 Å². The number of fused-ring (bicyclic) bond motifs is 6. The molecule has 0 fully saturated rings. The molecule has 0 aliphatic heterocycles. The summed E-state index contributed by atoms with van der Waals surface area (Å²) in [5.74, 6) is 1.94. The molecule has 0 saturated heterocycles. The van der Waals surface area contributed by atoms with Crippen LogP contribution in [0.25, 0.3) is 83.2 Å². The molecule has 4 nitrogen and oxygen atoms in total. The molecular weight excluding hydrogens is 548 g/mol. The molecule has 0 spiro atoms. The summed E-state index contributed by atoms with van der Waals surface area (Å²) in [4.78, 5) is 14.9. The summed E-state index contributed by atoms with van der Waals surface area (Å²) in [6.07, 6.45) is 0. The van der Waals surface area contributed by atoms with Gasteiger partial charge in [-0.25, -0.2) is 15.0 Å². The molecule has 210 valence electrons. The average molecular weight is 575 g/mol. The Bertz CT molecular complexity index is 2470. The van der Waals surface area contributed by atoms with E-state index < -0.39 is 0 Å². The van der Waals surface area contributed by atoms with Gasteiger partial charge in [0, 0.05) is 38.5 Å². The van der Waals surface area contributed by atoms with E-state index in [1.54, 1.807) is 0 Å². The first-order chi connectivity index (χ1) is 22.3. The lowest BCUT2D eigenvalue weighted by Crippen LogP contribution is -2.01. The highest BCUT2D eigenvalue weighted by Gasteiger charge is 2.18. The van der Waals surface area contributed by atoms with Crippen molar-refractivity contribution in [1.82, 2.24) is 19.5 Å². The van der Waals surface area contributed by atoms with Crippen molar-refractivity contribution in [3.63, 3.8) is 0 Å². The smallest absolute Gasteiger partial charge is 0.164 e. The number of hydrogen-bond donors (Lipinski definition) is 0. The molecule has 2 aromatic heterocycles. The Morgan fingerprint density at radius 2 is 0.911 bits per heavy atom. The van der Waals surface area contributed by atoms with Gasteiger partial charge in [-0.15, -0.1) is 0 Å². The topological polar surface area (TPSA) is 43.6 Å². The lowest BCUT2D eigenvalue weighted by Gasteiger charge is -2.13. The van der Waals surface area contributed by atoms with Crippen molar-refractivity contribution in [2.24, 2.45) is 0 Å². The van der Waals surface area contributed by atoms with E-state index in [9.17, 15) is 0 Å². The molecule has 0 aliphatic rings. The summed E-state index contributed by atoms with van der Waals surface area (Å²) >= 11 is 0. The van der Waals surface area contributed by atoms with Gasteiger partial charge < -0.3 is 4.57 Å².